The number of rotatable bonds is 5. The largest absolute Gasteiger partial charge is 0.435 e. The third-order valence-electron chi connectivity index (χ3n) is 3.78. The fraction of sp³-hybridized carbons (Fsp3) is 0.375. The highest BCUT2D eigenvalue weighted by atomic mass is 35.5. The molecule has 3 nitrogen and oxygen atoms in total. The fourth-order valence-electron chi connectivity index (χ4n) is 2.83. The van der Waals surface area contributed by atoms with Gasteiger partial charge in [-0.25, -0.2) is 0 Å². The molecule has 0 spiro atoms. The summed E-state index contributed by atoms with van der Waals surface area (Å²) in [7, 11) is 0. The van der Waals surface area contributed by atoms with Crippen LogP contribution in [-0.2, 0) is 0 Å². The molecule has 0 amide bonds. The van der Waals surface area contributed by atoms with Crippen LogP contribution in [0.1, 0.15) is 16.5 Å². The number of benzene rings is 1. The molecule has 7 heteroatoms. The molecule has 1 atom stereocenters. The van der Waals surface area contributed by atoms with Gasteiger partial charge in [-0.15, -0.1) is 11.3 Å². The Kier molecular flexibility index (Phi) is 5.48. The zero-order valence-corrected chi connectivity index (χ0v) is 13.9. The molecule has 3 rings (SSSR count). The second-order valence-electron chi connectivity index (χ2n) is 5.28. The van der Waals surface area contributed by atoms with E-state index in [4.69, 9.17) is 11.6 Å². The summed E-state index contributed by atoms with van der Waals surface area (Å²) in [4.78, 5) is 3.44. The van der Waals surface area contributed by atoms with Crippen LogP contribution in [0.5, 0.6) is 5.75 Å². The summed E-state index contributed by atoms with van der Waals surface area (Å²) >= 11 is 7.61. The van der Waals surface area contributed by atoms with Gasteiger partial charge in [0.25, 0.3) is 0 Å². The molecule has 0 radical (unpaired) electrons. The molecule has 0 bridgehead atoms. The maximum Gasteiger partial charge on any atom is 0.387 e. The predicted molar refractivity (Wildman–Crippen MR) is 88.7 cm³/mol. The molecule has 1 aromatic heterocycles. The summed E-state index contributed by atoms with van der Waals surface area (Å²) in [6.07, 6.45) is 0. The first-order chi connectivity index (χ1) is 11.1. The van der Waals surface area contributed by atoms with E-state index < -0.39 is 6.61 Å². The highest BCUT2D eigenvalue weighted by Crippen LogP contribution is 2.36. The lowest BCUT2D eigenvalue weighted by Gasteiger charge is -2.34. The zero-order valence-electron chi connectivity index (χ0n) is 12.3. The summed E-state index contributed by atoms with van der Waals surface area (Å²) in [5.74, 6) is 0.181. The first kappa shape index (κ1) is 16.6. The number of piperazine rings is 1. The number of thiophene rings is 1. The minimum Gasteiger partial charge on any atom is -0.435 e. The number of hydrogen-bond acceptors (Lipinski definition) is 4. The van der Waals surface area contributed by atoms with Gasteiger partial charge in [-0.2, -0.15) is 8.78 Å². The fourth-order valence-corrected chi connectivity index (χ4v) is 4.06. The molecular weight excluding hydrogens is 342 g/mol. The molecule has 0 saturated carbocycles. The summed E-state index contributed by atoms with van der Waals surface area (Å²) in [6.45, 7) is 0.769. The van der Waals surface area contributed by atoms with Crippen molar-refractivity contribution in [3.8, 4) is 5.75 Å². The molecule has 1 aliphatic heterocycles. The average Bonchev–Trinajstić information content (AvgIpc) is 2.94. The van der Waals surface area contributed by atoms with Gasteiger partial charge in [0.1, 0.15) is 5.75 Å². The Balaban J connectivity index is 1.94. The third kappa shape index (κ3) is 4.20. The van der Waals surface area contributed by atoms with Crippen LogP contribution in [0.4, 0.5) is 8.78 Å². The van der Waals surface area contributed by atoms with Crippen LogP contribution < -0.4 is 10.1 Å². The summed E-state index contributed by atoms with van der Waals surface area (Å²) in [5, 5.41) is 3.33. The first-order valence-corrected chi connectivity index (χ1v) is 8.58. The number of nitrogens with one attached hydrogen (secondary N) is 1. The van der Waals surface area contributed by atoms with Crippen LogP contribution in [-0.4, -0.2) is 37.7 Å². The van der Waals surface area contributed by atoms with Crippen LogP contribution in [0.2, 0.25) is 4.34 Å². The SMILES string of the molecule is FC(F)Oc1cccc([C@H](c2ccc(Cl)s2)N2CCNCC2)c1. The molecule has 1 aromatic carbocycles. The molecule has 1 fully saturated rings. The number of nitrogens with zero attached hydrogens (tertiary/aromatic N) is 1. The van der Waals surface area contributed by atoms with Crippen molar-refractivity contribution in [2.24, 2.45) is 0 Å². The molecule has 1 N–H and O–H groups in total. The quantitative estimate of drug-likeness (QED) is 0.874. The first-order valence-electron chi connectivity index (χ1n) is 7.38. The van der Waals surface area contributed by atoms with Crippen LogP contribution in [0.25, 0.3) is 0 Å². The highest BCUT2D eigenvalue weighted by Gasteiger charge is 2.25. The topological polar surface area (TPSA) is 24.5 Å². The number of halogens is 3. The van der Waals surface area contributed by atoms with E-state index in [1.807, 2.05) is 18.2 Å². The van der Waals surface area contributed by atoms with Gasteiger partial charge in [0.15, 0.2) is 0 Å². The van der Waals surface area contributed by atoms with E-state index in [9.17, 15) is 8.78 Å². The van der Waals surface area contributed by atoms with E-state index in [0.717, 1.165) is 41.0 Å². The Bertz CT molecular complexity index is 647. The molecule has 2 aromatic rings. The van der Waals surface area contributed by atoms with E-state index in [0.29, 0.717) is 0 Å². The Hall–Kier alpha value is -1.21. The van der Waals surface area contributed by atoms with Gasteiger partial charge in [0.05, 0.1) is 10.4 Å². The molecule has 124 valence electrons. The molecule has 1 saturated heterocycles. The van der Waals surface area contributed by atoms with Gasteiger partial charge in [0, 0.05) is 31.1 Å². The molecule has 2 heterocycles. The maximum absolute atomic E-state index is 12.5. The van der Waals surface area contributed by atoms with E-state index in [1.54, 1.807) is 18.2 Å². The summed E-state index contributed by atoms with van der Waals surface area (Å²) in [5.41, 5.74) is 0.934. The Morgan fingerprint density at radius 1 is 1.17 bits per heavy atom. The average molecular weight is 359 g/mol. The normalized spacial score (nSPS) is 17.4. The lowest BCUT2D eigenvalue weighted by atomic mass is 10.0. The van der Waals surface area contributed by atoms with Gasteiger partial charge < -0.3 is 10.1 Å². The highest BCUT2D eigenvalue weighted by molar-refractivity contribution is 7.16. The molecule has 0 aliphatic carbocycles. The van der Waals surface area contributed by atoms with Crippen LogP contribution >= 0.6 is 22.9 Å². The van der Waals surface area contributed by atoms with Gasteiger partial charge in [-0.05, 0) is 29.8 Å². The minimum atomic E-state index is -2.82. The van der Waals surface area contributed by atoms with Crippen molar-refractivity contribution in [3.63, 3.8) is 0 Å². The summed E-state index contributed by atoms with van der Waals surface area (Å²) in [6, 6.07) is 10.8. The van der Waals surface area contributed by atoms with Crippen molar-refractivity contribution in [1.82, 2.24) is 10.2 Å². The lowest BCUT2D eigenvalue weighted by molar-refractivity contribution is -0.0499. The molecular formula is C16H17ClF2N2OS. The van der Waals surface area contributed by atoms with E-state index in [-0.39, 0.29) is 11.8 Å². The summed E-state index contributed by atoms with van der Waals surface area (Å²) < 4.78 is 30.2. The van der Waals surface area contributed by atoms with Crippen molar-refractivity contribution in [2.75, 3.05) is 26.2 Å². The van der Waals surface area contributed by atoms with E-state index >= 15 is 0 Å². The smallest absolute Gasteiger partial charge is 0.387 e. The number of ether oxygens (including phenoxy) is 1. The number of alkyl halides is 2. The molecule has 0 unspecified atom stereocenters. The third-order valence-corrected chi connectivity index (χ3v) is 5.06. The van der Waals surface area contributed by atoms with Crippen molar-refractivity contribution in [2.45, 2.75) is 12.7 Å². The van der Waals surface area contributed by atoms with Crippen LogP contribution in [0, 0.1) is 0 Å². The lowest BCUT2D eigenvalue weighted by Crippen LogP contribution is -2.45. The van der Waals surface area contributed by atoms with Gasteiger partial charge in [0.2, 0.25) is 0 Å². The second kappa shape index (κ2) is 7.57. The molecule has 1 aliphatic rings. The van der Waals surface area contributed by atoms with Crippen molar-refractivity contribution in [3.05, 3.63) is 51.2 Å². The van der Waals surface area contributed by atoms with Crippen LogP contribution in [0.3, 0.4) is 0 Å². The maximum atomic E-state index is 12.5. The minimum absolute atomic E-state index is 0.00387. The molecule has 23 heavy (non-hydrogen) atoms. The van der Waals surface area contributed by atoms with Crippen molar-refractivity contribution in [1.29, 1.82) is 0 Å². The number of hydrogen-bond donors (Lipinski definition) is 1. The van der Waals surface area contributed by atoms with E-state index in [1.165, 1.54) is 11.3 Å². The van der Waals surface area contributed by atoms with Crippen molar-refractivity contribution >= 4 is 22.9 Å². The van der Waals surface area contributed by atoms with E-state index in [2.05, 4.69) is 15.0 Å². The van der Waals surface area contributed by atoms with Gasteiger partial charge >= 0.3 is 6.61 Å². The Labute approximate surface area is 142 Å². The zero-order chi connectivity index (χ0) is 16.2. The van der Waals surface area contributed by atoms with Crippen LogP contribution in [0.15, 0.2) is 36.4 Å². The van der Waals surface area contributed by atoms with Crippen molar-refractivity contribution < 1.29 is 13.5 Å². The monoisotopic (exact) mass is 358 g/mol. The Morgan fingerprint density at radius 3 is 2.61 bits per heavy atom. The Morgan fingerprint density at radius 2 is 1.96 bits per heavy atom. The van der Waals surface area contributed by atoms with Gasteiger partial charge in [-0.1, -0.05) is 23.7 Å². The second-order valence-corrected chi connectivity index (χ2v) is 7.03. The van der Waals surface area contributed by atoms with Gasteiger partial charge in [-0.3, -0.25) is 4.90 Å². The standard InChI is InChI=1S/C16H17ClF2N2OS/c17-14-5-4-13(23-14)15(21-8-6-20-7-9-21)11-2-1-3-12(10-11)22-16(18)19/h1-5,10,15-16,20H,6-9H2/t15-/m1/s1. The predicted octanol–water partition coefficient (Wildman–Crippen LogP) is 4.00.